The molecule has 62 valence electrons. The van der Waals surface area contributed by atoms with E-state index in [1.165, 1.54) is 12.8 Å². The molecule has 0 bridgehead atoms. The van der Waals surface area contributed by atoms with Crippen molar-refractivity contribution in [2.24, 2.45) is 5.92 Å². The van der Waals surface area contributed by atoms with Crippen LogP contribution in [0.2, 0.25) is 0 Å². The van der Waals surface area contributed by atoms with Gasteiger partial charge in [-0.25, -0.2) is 0 Å². The lowest BCUT2D eigenvalue weighted by molar-refractivity contribution is -0.126. The SMILES string of the molecule is O=C1CCC[C@H]2NCCC[C@@H]12. The molecular weight excluding hydrogens is 138 g/mol. The average molecular weight is 153 g/mol. The van der Waals surface area contributed by atoms with E-state index in [-0.39, 0.29) is 0 Å². The molecule has 1 aliphatic carbocycles. The Morgan fingerprint density at radius 3 is 3.00 bits per heavy atom. The van der Waals surface area contributed by atoms with Crippen LogP contribution in [0.25, 0.3) is 0 Å². The van der Waals surface area contributed by atoms with E-state index >= 15 is 0 Å². The van der Waals surface area contributed by atoms with E-state index in [9.17, 15) is 4.79 Å². The molecule has 0 aromatic carbocycles. The minimum absolute atomic E-state index is 0.373. The summed E-state index contributed by atoms with van der Waals surface area (Å²) in [6.07, 6.45) is 5.48. The number of Topliss-reactive ketones (excluding diaryl/α,β-unsaturated/α-hetero) is 1. The first-order valence-electron chi connectivity index (χ1n) is 4.64. The maximum atomic E-state index is 11.4. The third-order valence-electron chi connectivity index (χ3n) is 2.94. The van der Waals surface area contributed by atoms with E-state index in [0.29, 0.717) is 17.7 Å². The molecular formula is C9H15NO. The molecule has 2 atom stereocenters. The maximum absolute atomic E-state index is 11.4. The predicted molar refractivity (Wildman–Crippen MR) is 43.4 cm³/mol. The Labute approximate surface area is 67.4 Å². The Morgan fingerprint density at radius 1 is 1.27 bits per heavy atom. The molecule has 11 heavy (non-hydrogen) atoms. The monoisotopic (exact) mass is 153 g/mol. The lowest BCUT2D eigenvalue weighted by Gasteiger charge is -2.34. The summed E-state index contributed by atoms with van der Waals surface area (Å²) in [4.78, 5) is 11.4. The molecule has 0 aromatic rings. The van der Waals surface area contributed by atoms with Gasteiger partial charge in [-0.15, -0.1) is 0 Å². The van der Waals surface area contributed by atoms with E-state index < -0.39 is 0 Å². The molecule has 1 heterocycles. The lowest BCUT2D eigenvalue weighted by Crippen LogP contribution is -2.46. The van der Waals surface area contributed by atoms with Crippen LogP contribution in [0.4, 0.5) is 0 Å². The van der Waals surface area contributed by atoms with Gasteiger partial charge in [0.05, 0.1) is 0 Å². The Balaban J connectivity index is 2.05. The number of rotatable bonds is 0. The Hall–Kier alpha value is -0.370. The van der Waals surface area contributed by atoms with Crippen LogP contribution in [-0.2, 0) is 4.79 Å². The number of hydrogen-bond donors (Lipinski definition) is 1. The van der Waals surface area contributed by atoms with Gasteiger partial charge in [0.15, 0.2) is 0 Å². The van der Waals surface area contributed by atoms with Crippen molar-refractivity contribution in [1.82, 2.24) is 5.32 Å². The number of piperidine rings is 1. The van der Waals surface area contributed by atoms with Crippen LogP contribution < -0.4 is 5.32 Å². The van der Waals surface area contributed by atoms with E-state index in [2.05, 4.69) is 5.32 Å². The van der Waals surface area contributed by atoms with Crippen LogP contribution in [0.5, 0.6) is 0 Å². The number of carbonyl (C=O) groups is 1. The fraction of sp³-hybridized carbons (Fsp3) is 0.889. The number of fused-ring (bicyclic) bond motifs is 1. The number of ketones is 1. The van der Waals surface area contributed by atoms with Crippen LogP contribution >= 0.6 is 0 Å². The van der Waals surface area contributed by atoms with Crippen LogP contribution in [0, 0.1) is 5.92 Å². The molecule has 0 spiro atoms. The van der Waals surface area contributed by atoms with Crippen LogP contribution in [0.15, 0.2) is 0 Å². The van der Waals surface area contributed by atoms with E-state index in [0.717, 1.165) is 25.8 Å². The van der Waals surface area contributed by atoms with Gasteiger partial charge in [-0.2, -0.15) is 0 Å². The van der Waals surface area contributed by atoms with Gasteiger partial charge in [0.2, 0.25) is 0 Å². The average Bonchev–Trinajstić information content (AvgIpc) is 2.06. The zero-order valence-corrected chi connectivity index (χ0v) is 6.81. The quantitative estimate of drug-likeness (QED) is 0.564. The largest absolute Gasteiger partial charge is 0.313 e. The van der Waals surface area contributed by atoms with Crippen molar-refractivity contribution < 1.29 is 4.79 Å². The standard InChI is InChI=1S/C9H15NO/c11-9-5-1-4-8-7(9)3-2-6-10-8/h7-8,10H,1-6H2/t7-,8-/m1/s1. The zero-order chi connectivity index (χ0) is 7.68. The van der Waals surface area contributed by atoms with Crippen LogP contribution in [0.1, 0.15) is 32.1 Å². The molecule has 0 aromatic heterocycles. The molecule has 0 unspecified atom stereocenters. The summed E-state index contributed by atoms with van der Waals surface area (Å²) in [6, 6.07) is 0.532. The number of carbonyl (C=O) groups excluding carboxylic acids is 1. The zero-order valence-electron chi connectivity index (χ0n) is 6.81. The topological polar surface area (TPSA) is 29.1 Å². The molecule has 2 nitrogen and oxygen atoms in total. The molecule has 2 fully saturated rings. The van der Waals surface area contributed by atoms with Crippen molar-refractivity contribution in [3.63, 3.8) is 0 Å². The first-order chi connectivity index (χ1) is 5.38. The van der Waals surface area contributed by atoms with Crippen molar-refractivity contribution in [2.45, 2.75) is 38.1 Å². The number of hydrogen-bond acceptors (Lipinski definition) is 2. The smallest absolute Gasteiger partial charge is 0.137 e. The molecule has 0 radical (unpaired) electrons. The molecule has 1 N–H and O–H groups in total. The van der Waals surface area contributed by atoms with Gasteiger partial charge in [-0.1, -0.05) is 0 Å². The van der Waals surface area contributed by atoms with Gasteiger partial charge in [-0.3, -0.25) is 4.79 Å². The number of nitrogens with one attached hydrogen (secondary N) is 1. The van der Waals surface area contributed by atoms with Crippen LogP contribution in [0.3, 0.4) is 0 Å². The minimum Gasteiger partial charge on any atom is -0.313 e. The van der Waals surface area contributed by atoms with Gasteiger partial charge in [0.25, 0.3) is 0 Å². The molecule has 1 saturated carbocycles. The molecule has 0 amide bonds. The van der Waals surface area contributed by atoms with Gasteiger partial charge >= 0.3 is 0 Å². The summed E-state index contributed by atoms with van der Waals surface area (Å²) in [5.41, 5.74) is 0. The predicted octanol–water partition coefficient (Wildman–Crippen LogP) is 1.11. The highest BCUT2D eigenvalue weighted by atomic mass is 16.1. The highest BCUT2D eigenvalue weighted by Crippen LogP contribution is 2.27. The summed E-state index contributed by atoms with van der Waals surface area (Å²) in [6.45, 7) is 1.12. The molecule has 2 aliphatic rings. The van der Waals surface area contributed by atoms with Crippen LogP contribution in [-0.4, -0.2) is 18.4 Å². The summed E-state index contributed by atoms with van der Waals surface area (Å²) < 4.78 is 0. The Kier molecular flexibility index (Phi) is 1.95. The Morgan fingerprint density at radius 2 is 2.18 bits per heavy atom. The summed E-state index contributed by atoms with van der Waals surface area (Å²) in [5, 5.41) is 3.43. The summed E-state index contributed by atoms with van der Waals surface area (Å²) in [7, 11) is 0. The first kappa shape index (κ1) is 7.29. The fourth-order valence-electron chi connectivity index (χ4n) is 2.32. The highest BCUT2D eigenvalue weighted by molar-refractivity contribution is 5.82. The van der Waals surface area contributed by atoms with Gasteiger partial charge in [0, 0.05) is 18.4 Å². The van der Waals surface area contributed by atoms with Gasteiger partial charge in [-0.05, 0) is 32.2 Å². The second-order valence-corrected chi connectivity index (χ2v) is 3.67. The molecule has 2 heteroatoms. The third-order valence-corrected chi connectivity index (χ3v) is 2.94. The van der Waals surface area contributed by atoms with Gasteiger partial charge < -0.3 is 5.32 Å². The van der Waals surface area contributed by atoms with Gasteiger partial charge in [0.1, 0.15) is 5.78 Å². The normalized spacial score (nSPS) is 38.4. The van der Waals surface area contributed by atoms with E-state index in [4.69, 9.17) is 0 Å². The lowest BCUT2D eigenvalue weighted by atomic mass is 9.79. The third kappa shape index (κ3) is 1.32. The van der Waals surface area contributed by atoms with Crippen molar-refractivity contribution >= 4 is 5.78 Å². The molecule has 1 saturated heterocycles. The van der Waals surface area contributed by atoms with Crippen molar-refractivity contribution in [3.05, 3.63) is 0 Å². The second-order valence-electron chi connectivity index (χ2n) is 3.67. The van der Waals surface area contributed by atoms with E-state index in [1.807, 2.05) is 0 Å². The van der Waals surface area contributed by atoms with Crippen molar-refractivity contribution in [2.75, 3.05) is 6.54 Å². The Bertz CT molecular complexity index is 165. The van der Waals surface area contributed by atoms with E-state index in [1.54, 1.807) is 0 Å². The minimum atomic E-state index is 0.373. The summed E-state index contributed by atoms with van der Waals surface area (Å²) >= 11 is 0. The highest BCUT2D eigenvalue weighted by Gasteiger charge is 2.32. The second kappa shape index (κ2) is 2.94. The molecule has 1 aliphatic heterocycles. The van der Waals surface area contributed by atoms with Crippen molar-refractivity contribution in [3.8, 4) is 0 Å². The first-order valence-corrected chi connectivity index (χ1v) is 4.64. The maximum Gasteiger partial charge on any atom is 0.137 e. The van der Waals surface area contributed by atoms with Crippen molar-refractivity contribution in [1.29, 1.82) is 0 Å². The summed E-state index contributed by atoms with van der Waals surface area (Å²) in [5.74, 6) is 0.881. The molecule has 2 rings (SSSR count). The fourth-order valence-corrected chi connectivity index (χ4v) is 2.32.